The van der Waals surface area contributed by atoms with Crippen LogP contribution in [0.5, 0.6) is 0 Å². The summed E-state index contributed by atoms with van der Waals surface area (Å²) in [4.78, 5) is 13.2. The zero-order chi connectivity index (χ0) is 18.1. The Balaban J connectivity index is 1.83. The van der Waals surface area contributed by atoms with Crippen LogP contribution >= 0.6 is 0 Å². The lowest BCUT2D eigenvalue weighted by Gasteiger charge is -2.34. The third-order valence-corrected chi connectivity index (χ3v) is 4.73. The molecule has 6 heteroatoms. The van der Waals surface area contributed by atoms with Crippen molar-refractivity contribution in [3.63, 3.8) is 0 Å². The van der Waals surface area contributed by atoms with Crippen molar-refractivity contribution >= 4 is 16.7 Å². The van der Waals surface area contributed by atoms with Gasteiger partial charge in [0.15, 0.2) is 5.69 Å². The molecule has 5 nitrogen and oxygen atoms in total. The quantitative estimate of drug-likeness (QED) is 0.713. The summed E-state index contributed by atoms with van der Waals surface area (Å²) in [7, 11) is 2.06. The van der Waals surface area contributed by atoms with E-state index in [0.29, 0.717) is 22.4 Å². The van der Waals surface area contributed by atoms with Crippen LogP contribution in [0.2, 0.25) is 0 Å². The summed E-state index contributed by atoms with van der Waals surface area (Å²) in [5, 5.41) is 9.43. The van der Waals surface area contributed by atoms with Gasteiger partial charge in [0.25, 0.3) is 0 Å². The van der Waals surface area contributed by atoms with Crippen LogP contribution in [0.3, 0.4) is 0 Å². The third kappa shape index (κ3) is 2.98. The minimum Gasteiger partial charge on any atom is -0.367 e. The number of hydrogen-bond donors (Lipinski definition) is 0. The first kappa shape index (κ1) is 16.4. The van der Waals surface area contributed by atoms with Crippen LogP contribution in [0, 0.1) is 17.1 Å². The molecule has 26 heavy (non-hydrogen) atoms. The molecule has 1 aliphatic rings. The number of aromatic nitrogens is 2. The van der Waals surface area contributed by atoms with Crippen molar-refractivity contribution < 1.29 is 4.39 Å². The number of nitrogens with zero attached hydrogens (tertiary/aromatic N) is 5. The minimum atomic E-state index is -0.326. The highest BCUT2D eigenvalue weighted by molar-refractivity contribution is 5.83. The minimum absolute atomic E-state index is 0.204. The highest BCUT2D eigenvalue weighted by Crippen LogP contribution is 2.28. The fraction of sp³-hybridized carbons (Fsp3) is 0.250. The van der Waals surface area contributed by atoms with Crippen LogP contribution in [-0.2, 0) is 0 Å². The van der Waals surface area contributed by atoms with Crippen molar-refractivity contribution in [2.75, 3.05) is 38.1 Å². The number of fused-ring (bicyclic) bond motifs is 1. The molecule has 0 N–H and O–H groups in total. The van der Waals surface area contributed by atoms with Crippen molar-refractivity contribution in [2.24, 2.45) is 0 Å². The van der Waals surface area contributed by atoms with Crippen molar-refractivity contribution in [2.45, 2.75) is 0 Å². The van der Waals surface area contributed by atoms with Gasteiger partial charge in [-0.15, -0.1) is 0 Å². The standard InChI is InChI=1S/C20H18FN5/c1-25-7-9-26(10-8-25)19-12-17-16(11-15(19)21)23-18(13-22)20(24-17)14-5-3-2-4-6-14/h2-6,11-12H,7-10H2,1H3. The fourth-order valence-electron chi connectivity index (χ4n) is 3.23. The van der Waals surface area contributed by atoms with Gasteiger partial charge in [-0.05, 0) is 13.1 Å². The van der Waals surface area contributed by atoms with E-state index in [0.717, 1.165) is 31.7 Å². The molecule has 0 amide bonds. The summed E-state index contributed by atoms with van der Waals surface area (Å²) >= 11 is 0. The molecule has 0 saturated carbocycles. The van der Waals surface area contributed by atoms with Gasteiger partial charge in [-0.3, -0.25) is 0 Å². The van der Waals surface area contributed by atoms with E-state index in [2.05, 4.69) is 28.0 Å². The van der Waals surface area contributed by atoms with Crippen LogP contribution in [-0.4, -0.2) is 48.1 Å². The maximum atomic E-state index is 14.7. The van der Waals surface area contributed by atoms with Gasteiger partial charge in [-0.25, -0.2) is 14.4 Å². The largest absolute Gasteiger partial charge is 0.367 e. The van der Waals surface area contributed by atoms with Gasteiger partial charge in [0.1, 0.15) is 17.6 Å². The highest BCUT2D eigenvalue weighted by Gasteiger charge is 2.19. The number of halogens is 1. The molecule has 0 unspecified atom stereocenters. The Hall–Kier alpha value is -3.04. The molecular weight excluding hydrogens is 329 g/mol. The zero-order valence-electron chi connectivity index (χ0n) is 14.5. The first-order valence-electron chi connectivity index (χ1n) is 8.56. The summed E-state index contributed by atoms with van der Waals surface area (Å²) in [6, 6.07) is 14.7. The predicted molar refractivity (Wildman–Crippen MR) is 99.4 cm³/mol. The second kappa shape index (κ2) is 6.70. The third-order valence-electron chi connectivity index (χ3n) is 4.73. The fourth-order valence-corrected chi connectivity index (χ4v) is 3.23. The van der Waals surface area contributed by atoms with E-state index in [9.17, 15) is 9.65 Å². The second-order valence-corrected chi connectivity index (χ2v) is 6.48. The van der Waals surface area contributed by atoms with E-state index in [4.69, 9.17) is 0 Å². The Bertz CT molecular complexity index is 988. The predicted octanol–water partition coefficient (Wildman–Crippen LogP) is 3.06. The van der Waals surface area contributed by atoms with E-state index >= 15 is 0 Å². The molecule has 1 saturated heterocycles. The molecule has 0 bridgehead atoms. The Morgan fingerprint density at radius 3 is 2.38 bits per heavy atom. The lowest BCUT2D eigenvalue weighted by atomic mass is 10.1. The van der Waals surface area contributed by atoms with Gasteiger partial charge >= 0.3 is 0 Å². The van der Waals surface area contributed by atoms with Crippen LogP contribution < -0.4 is 4.90 Å². The van der Waals surface area contributed by atoms with Gasteiger partial charge < -0.3 is 9.80 Å². The summed E-state index contributed by atoms with van der Waals surface area (Å²) in [5.74, 6) is -0.326. The first-order valence-corrected chi connectivity index (χ1v) is 8.56. The Morgan fingerprint density at radius 2 is 1.69 bits per heavy atom. The first-order chi connectivity index (χ1) is 12.7. The lowest BCUT2D eigenvalue weighted by Crippen LogP contribution is -2.44. The lowest BCUT2D eigenvalue weighted by molar-refractivity contribution is 0.312. The number of likely N-dealkylation sites (N-methyl/N-ethyl adjacent to an activating group) is 1. The van der Waals surface area contributed by atoms with Crippen LogP contribution in [0.4, 0.5) is 10.1 Å². The molecule has 0 aliphatic carbocycles. The van der Waals surface area contributed by atoms with Crippen molar-refractivity contribution in [1.29, 1.82) is 5.26 Å². The van der Waals surface area contributed by atoms with Gasteiger partial charge in [-0.1, -0.05) is 30.3 Å². The van der Waals surface area contributed by atoms with Gasteiger partial charge in [0.2, 0.25) is 0 Å². The van der Waals surface area contributed by atoms with E-state index in [1.54, 1.807) is 6.07 Å². The molecule has 2 aromatic carbocycles. The molecule has 1 aromatic heterocycles. The SMILES string of the molecule is CN1CCN(c2cc3nc(-c4ccccc4)c(C#N)nc3cc2F)CC1. The maximum Gasteiger partial charge on any atom is 0.167 e. The summed E-state index contributed by atoms with van der Waals surface area (Å²) in [6.07, 6.45) is 0. The average molecular weight is 347 g/mol. The topological polar surface area (TPSA) is 56.0 Å². The number of piperazine rings is 1. The van der Waals surface area contributed by atoms with Crippen LogP contribution in [0.25, 0.3) is 22.3 Å². The van der Waals surface area contributed by atoms with Crippen LogP contribution in [0.1, 0.15) is 5.69 Å². The van der Waals surface area contributed by atoms with E-state index < -0.39 is 0 Å². The van der Waals surface area contributed by atoms with Gasteiger partial charge in [-0.2, -0.15) is 5.26 Å². The normalized spacial score (nSPS) is 15.2. The molecule has 0 spiro atoms. The number of nitriles is 1. The average Bonchev–Trinajstić information content (AvgIpc) is 2.68. The molecule has 1 fully saturated rings. The number of benzene rings is 2. The van der Waals surface area contributed by atoms with Crippen LogP contribution in [0.15, 0.2) is 42.5 Å². The summed E-state index contributed by atoms with van der Waals surface area (Å²) < 4.78 is 14.7. The molecule has 130 valence electrons. The smallest absolute Gasteiger partial charge is 0.167 e. The zero-order valence-corrected chi connectivity index (χ0v) is 14.5. The molecule has 3 aromatic rings. The Labute approximate surface area is 151 Å². The van der Waals surface area contributed by atoms with Gasteiger partial charge in [0.05, 0.1) is 16.7 Å². The van der Waals surface area contributed by atoms with E-state index in [1.807, 2.05) is 35.2 Å². The van der Waals surface area contributed by atoms with E-state index in [1.165, 1.54) is 6.07 Å². The van der Waals surface area contributed by atoms with E-state index in [-0.39, 0.29) is 11.5 Å². The highest BCUT2D eigenvalue weighted by atomic mass is 19.1. The Morgan fingerprint density at radius 1 is 1.00 bits per heavy atom. The molecule has 4 rings (SSSR count). The Kier molecular flexibility index (Phi) is 4.23. The molecule has 0 atom stereocenters. The molecular formula is C20H18FN5. The van der Waals surface area contributed by atoms with Crippen molar-refractivity contribution in [3.05, 3.63) is 54.0 Å². The van der Waals surface area contributed by atoms with Crippen molar-refractivity contribution in [3.8, 4) is 17.3 Å². The molecule has 1 aliphatic heterocycles. The monoisotopic (exact) mass is 347 g/mol. The summed E-state index contributed by atoms with van der Waals surface area (Å²) in [6.45, 7) is 3.33. The number of anilines is 1. The molecule has 2 heterocycles. The number of rotatable bonds is 2. The maximum absolute atomic E-state index is 14.7. The molecule has 0 radical (unpaired) electrons. The van der Waals surface area contributed by atoms with Crippen molar-refractivity contribution in [1.82, 2.24) is 14.9 Å². The van der Waals surface area contributed by atoms with Gasteiger partial charge in [0, 0.05) is 37.8 Å². The number of hydrogen-bond acceptors (Lipinski definition) is 5. The summed E-state index contributed by atoms with van der Waals surface area (Å²) in [5.41, 5.74) is 3.09. The second-order valence-electron chi connectivity index (χ2n) is 6.48.